The van der Waals surface area contributed by atoms with Crippen LogP contribution >= 0.6 is 0 Å². The minimum atomic E-state index is -0.345. The topological polar surface area (TPSA) is 99.9 Å². The molecule has 0 atom stereocenters. The first-order valence-electron chi connectivity index (χ1n) is 6.32. The summed E-state index contributed by atoms with van der Waals surface area (Å²) in [5.41, 5.74) is -0.345. The summed E-state index contributed by atoms with van der Waals surface area (Å²) in [4.78, 5) is 24.8. The van der Waals surface area contributed by atoms with Gasteiger partial charge in [-0.1, -0.05) is 18.2 Å². The number of para-hydroxylation sites is 1. The number of hydrogen-bond acceptors (Lipinski definition) is 4. The van der Waals surface area contributed by atoms with E-state index in [0.717, 1.165) is 5.75 Å². The molecule has 0 saturated carbocycles. The third kappa shape index (κ3) is 4.60. The number of benzene rings is 1. The summed E-state index contributed by atoms with van der Waals surface area (Å²) < 4.78 is 5.42. The van der Waals surface area contributed by atoms with Crippen LogP contribution in [-0.4, -0.2) is 34.2 Å². The highest BCUT2D eigenvalue weighted by atomic mass is 16.5. The molecule has 0 saturated heterocycles. The quantitative estimate of drug-likeness (QED) is 0.673. The smallest absolute Gasteiger partial charge is 0.340 e. The molecule has 2 rings (SSSR count). The molecule has 0 radical (unpaired) electrons. The molecule has 0 aliphatic rings. The zero-order valence-corrected chi connectivity index (χ0v) is 10.9. The van der Waals surface area contributed by atoms with Gasteiger partial charge < -0.3 is 10.1 Å². The van der Waals surface area contributed by atoms with Gasteiger partial charge in [0.25, 0.3) is 0 Å². The highest BCUT2D eigenvalue weighted by molar-refractivity contribution is 5.75. The summed E-state index contributed by atoms with van der Waals surface area (Å²) in [5, 5.41) is 8.74. The second-order valence-corrected chi connectivity index (χ2v) is 4.14. The van der Waals surface area contributed by atoms with Gasteiger partial charge >= 0.3 is 5.69 Å². The monoisotopic (exact) mass is 276 g/mol. The van der Waals surface area contributed by atoms with Crippen molar-refractivity contribution in [2.45, 2.75) is 12.8 Å². The second-order valence-electron chi connectivity index (χ2n) is 4.14. The maximum absolute atomic E-state index is 11.5. The Bertz CT molecular complexity index is 591. The van der Waals surface area contributed by atoms with Crippen LogP contribution in [0, 0.1) is 0 Å². The van der Waals surface area contributed by atoms with E-state index in [4.69, 9.17) is 4.74 Å². The van der Waals surface area contributed by atoms with Crippen LogP contribution in [-0.2, 0) is 11.2 Å². The highest BCUT2D eigenvalue weighted by Crippen LogP contribution is 2.08. The lowest BCUT2D eigenvalue weighted by Gasteiger charge is -2.06. The largest absolute Gasteiger partial charge is 0.493 e. The van der Waals surface area contributed by atoms with Crippen molar-refractivity contribution >= 4 is 5.91 Å². The molecule has 0 aliphatic heterocycles. The van der Waals surface area contributed by atoms with Crippen LogP contribution in [0.2, 0.25) is 0 Å². The van der Waals surface area contributed by atoms with Gasteiger partial charge in [-0.05, 0) is 12.1 Å². The van der Waals surface area contributed by atoms with Gasteiger partial charge in [-0.15, -0.1) is 0 Å². The number of nitrogens with one attached hydrogen (secondary N) is 3. The van der Waals surface area contributed by atoms with E-state index in [1.807, 2.05) is 30.3 Å². The number of nitrogens with zero attached hydrogens (tertiary/aromatic N) is 1. The standard InChI is InChI=1S/C13H16N4O3/c18-12(7-9-20-10-4-2-1-3-5-10)14-8-6-11-15-13(19)17-16-11/h1-5H,6-9H2,(H,14,18)(H2,15,16,17,19). The van der Waals surface area contributed by atoms with E-state index in [0.29, 0.717) is 25.4 Å². The maximum Gasteiger partial charge on any atom is 0.340 e. The minimum absolute atomic E-state index is 0.0983. The molecule has 3 N–H and O–H groups in total. The molecule has 0 spiro atoms. The Morgan fingerprint density at radius 1 is 1.30 bits per heavy atom. The molecule has 0 unspecified atom stereocenters. The van der Waals surface area contributed by atoms with E-state index in [-0.39, 0.29) is 18.0 Å². The molecule has 0 aliphatic carbocycles. The fourth-order valence-corrected chi connectivity index (χ4v) is 1.61. The first kappa shape index (κ1) is 13.9. The third-order valence-corrected chi connectivity index (χ3v) is 2.58. The normalized spacial score (nSPS) is 10.2. The number of hydrogen-bond donors (Lipinski definition) is 3. The molecule has 7 nitrogen and oxygen atoms in total. The van der Waals surface area contributed by atoms with Gasteiger partial charge in [0.15, 0.2) is 0 Å². The highest BCUT2D eigenvalue weighted by Gasteiger charge is 2.03. The molecule has 0 fully saturated rings. The summed E-state index contributed by atoms with van der Waals surface area (Å²) in [6, 6.07) is 9.33. The Kier molecular flexibility index (Phi) is 4.94. The Morgan fingerprint density at radius 2 is 2.10 bits per heavy atom. The first-order valence-corrected chi connectivity index (χ1v) is 6.32. The zero-order valence-electron chi connectivity index (χ0n) is 10.9. The number of amides is 1. The van der Waals surface area contributed by atoms with Gasteiger partial charge in [-0.3, -0.25) is 9.78 Å². The molecule has 7 heteroatoms. The van der Waals surface area contributed by atoms with Crippen molar-refractivity contribution in [2.75, 3.05) is 13.2 Å². The van der Waals surface area contributed by atoms with Crippen molar-refractivity contribution in [3.05, 3.63) is 46.6 Å². The van der Waals surface area contributed by atoms with Gasteiger partial charge in [0.1, 0.15) is 11.6 Å². The molecule has 1 heterocycles. The summed E-state index contributed by atoms with van der Waals surface area (Å²) >= 11 is 0. The van der Waals surface area contributed by atoms with Crippen molar-refractivity contribution in [1.29, 1.82) is 0 Å². The first-order chi connectivity index (χ1) is 9.74. The van der Waals surface area contributed by atoms with Crippen molar-refractivity contribution in [3.8, 4) is 5.75 Å². The van der Waals surface area contributed by atoms with Crippen LogP contribution in [0.4, 0.5) is 0 Å². The molecule has 106 valence electrons. The summed E-state index contributed by atoms with van der Waals surface area (Å²) in [6.07, 6.45) is 0.760. The fourth-order valence-electron chi connectivity index (χ4n) is 1.61. The average molecular weight is 276 g/mol. The molecule has 20 heavy (non-hydrogen) atoms. The predicted octanol–water partition coefficient (Wildman–Crippen LogP) is 0.226. The number of carbonyl (C=O) groups is 1. The van der Waals surface area contributed by atoms with E-state index in [1.54, 1.807) is 0 Å². The van der Waals surface area contributed by atoms with Gasteiger partial charge in [0.2, 0.25) is 5.91 Å². The number of aromatic amines is 2. The number of ether oxygens (including phenoxy) is 1. The maximum atomic E-state index is 11.5. The van der Waals surface area contributed by atoms with Crippen LogP contribution in [0.15, 0.2) is 35.1 Å². The van der Waals surface area contributed by atoms with Gasteiger partial charge in [-0.2, -0.15) is 5.10 Å². The number of rotatable bonds is 7. The van der Waals surface area contributed by atoms with Crippen molar-refractivity contribution in [2.24, 2.45) is 0 Å². The van der Waals surface area contributed by atoms with Crippen molar-refractivity contribution in [3.63, 3.8) is 0 Å². The van der Waals surface area contributed by atoms with E-state index < -0.39 is 0 Å². The van der Waals surface area contributed by atoms with E-state index in [1.165, 1.54) is 0 Å². The molecule has 1 aromatic heterocycles. The molecular weight excluding hydrogens is 260 g/mol. The van der Waals surface area contributed by atoms with Crippen LogP contribution in [0.1, 0.15) is 12.2 Å². The van der Waals surface area contributed by atoms with E-state index in [9.17, 15) is 9.59 Å². The predicted molar refractivity (Wildman–Crippen MR) is 72.5 cm³/mol. The Labute approximate surface area is 115 Å². The number of carbonyl (C=O) groups excluding carboxylic acids is 1. The van der Waals surface area contributed by atoms with Crippen molar-refractivity contribution in [1.82, 2.24) is 20.5 Å². The molecule has 0 bridgehead atoms. The Hall–Kier alpha value is -2.57. The lowest BCUT2D eigenvalue weighted by molar-refractivity contribution is -0.121. The van der Waals surface area contributed by atoms with Crippen LogP contribution in [0.3, 0.4) is 0 Å². The molecular formula is C13H16N4O3. The molecule has 1 aromatic carbocycles. The van der Waals surface area contributed by atoms with Crippen LogP contribution in [0.25, 0.3) is 0 Å². The summed E-state index contributed by atoms with van der Waals surface area (Å²) in [7, 11) is 0. The lowest BCUT2D eigenvalue weighted by atomic mass is 10.3. The summed E-state index contributed by atoms with van der Waals surface area (Å²) in [5.74, 6) is 1.17. The number of H-pyrrole nitrogens is 2. The lowest BCUT2D eigenvalue weighted by Crippen LogP contribution is -2.27. The fraction of sp³-hybridized carbons (Fsp3) is 0.308. The molecule has 2 aromatic rings. The number of aromatic nitrogens is 3. The average Bonchev–Trinajstić information content (AvgIpc) is 2.86. The van der Waals surface area contributed by atoms with E-state index in [2.05, 4.69) is 20.5 Å². The Morgan fingerprint density at radius 3 is 2.80 bits per heavy atom. The van der Waals surface area contributed by atoms with E-state index >= 15 is 0 Å². The molecule has 1 amide bonds. The second kappa shape index (κ2) is 7.13. The minimum Gasteiger partial charge on any atom is -0.493 e. The Balaban J connectivity index is 1.60. The zero-order chi connectivity index (χ0) is 14.2. The summed E-state index contributed by atoms with van der Waals surface area (Å²) in [6.45, 7) is 0.750. The van der Waals surface area contributed by atoms with Gasteiger partial charge in [-0.25, -0.2) is 9.89 Å². The van der Waals surface area contributed by atoms with Gasteiger partial charge in [0, 0.05) is 13.0 Å². The van der Waals surface area contributed by atoms with Gasteiger partial charge in [0.05, 0.1) is 13.0 Å². The van der Waals surface area contributed by atoms with Crippen LogP contribution in [0.5, 0.6) is 5.75 Å². The van der Waals surface area contributed by atoms with Crippen molar-refractivity contribution < 1.29 is 9.53 Å². The third-order valence-electron chi connectivity index (χ3n) is 2.58. The van der Waals surface area contributed by atoms with Crippen LogP contribution < -0.4 is 15.7 Å². The SMILES string of the molecule is O=C(CCOc1ccccc1)NCCc1n[nH]c(=O)[nH]1.